The van der Waals surface area contributed by atoms with Gasteiger partial charge in [0.05, 0.1) is 0 Å². The van der Waals surface area contributed by atoms with E-state index in [2.05, 4.69) is 52.5 Å². The summed E-state index contributed by atoms with van der Waals surface area (Å²) in [4.78, 5) is 14.2. The van der Waals surface area contributed by atoms with Crippen molar-refractivity contribution in [3.63, 3.8) is 0 Å². The third-order valence-corrected chi connectivity index (χ3v) is 6.60. The van der Waals surface area contributed by atoms with E-state index in [9.17, 15) is 9.90 Å². The second kappa shape index (κ2) is 9.08. The molecule has 1 heterocycles. The Balaban J connectivity index is 3.14. The highest BCUT2D eigenvalue weighted by molar-refractivity contribution is 6.40. The predicted molar refractivity (Wildman–Crippen MR) is 110 cm³/mol. The molecule has 7 heteroatoms. The van der Waals surface area contributed by atoms with Gasteiger partial charge in [0.2, 0.25) is 0 Å². The first-order valence-electron chi connectivity index (χ1n) is 10.1. The lowest BCUT2D eigenvalue weighted by Gasteiger charge is -2.49. The van der Waals surface area contributed by atoms with Gasteiger partial charge in [-0.3, -0.25) is 9.69 Å². The molecule has 3 atom stereocenters. The molecule has 0 aromatic carbocycles. The Bertz CT molecular complexity index is 548. The summed E-state index contributed by atoms with van der Waals surface area (Å²) in [6.45, 7) is 13.9. The van der Waals surface area contributed by atoms with E-state index in [0.717, 1.165) is 12.8 Å². The number of likely N-dealkylation sites (tertiary alicyclic amines) is 1. The van der Waals surface area contributed by atoms with Crippen molar-refractivity contribution in [1.82, 2.24) is 4.90 Å². The van der Waals surface area contributed by atoms with Crippen molar-refractivity contribution < 1.29 is 19.9 Å². The van der Waals surface area contributed by atoms with Crippen LogP contribution < -0.4 is 5.73 Å². The molecule has 0 amide bonds. The predicted octanol–water partition coefficient (Wildman–Crippen LogP) is 2.50. The van der Waals surface area contributed by atoms with Gasteiger partial charge in [0, 0.05) is 30.0 Å². The number of allylic oxidation sites excluding steroid dienone is 1. The zero-order valence-electron chi connectivity index (χ0n) is 18.0. The van der Waals surface area contributed by atoms with Gasteiger partial charge >= 0.3 is 13.1 Å². The van der Waals surface area contributed by atoms with Crippen LogP contribution in [0.1, 0.15) is 67.2 Å². The minimum atomic E-state index is -1.36. The van der Waals surface area contributed by atoms with E-state index in [1.165, 1.54) is 5.57 Å². The van der Waals surface area contributed by atoms with Gasteiger partial charge in [-0.2, -0.15) is 0 Å². The number of nitrogens with two attached hydrogens (primary N) is 1. The maximum atomic E-state index is 12.0. The van der Waals surface area contributed by atoms with Crippen LogP contribution in [0.2, 0.25) is 6.32 Å². The van der Waals surface area contributed by atoms with Crippen molar-refractivity contribution in [2.45, 2.75) is 84.6 Å². The van der Waals surface area contributed by atoms with Crippen molar-refractivity contribution in [1.29, 1.82) is 0 Å². The maximum Gasteiger partial charge on any atom is 0.451 e. The molecule has 0 aromatic heterocycles. The minimum absolute atomic E-state index is 0.101. The van der Waals surface area contributed by atoms with E-state index in [-0.39, 0.29) is 23.2 Å². The lowest BCUT2D eigenvalue weighted by atomic mass is 9.68. The third kappa shape index (κ3) is 5.34. The summed E-state index contributed by atoms with van der Waals surface area (Å²) < 4.78 is 0. The smallest absolute Gasteiger partial charge is 0.451 e. The highest BCUT2D eigenvalue weighted by atomic mass is 16.4. The molecule has 0 aromatic rings. The summed E-state index contributed by atoms with van der Waals surface area (Å²) in [5, 5.41) is 28.0. The quantitative estimate of drug-likeness (QED) is 0.342. The lowest BCUT2D eigenvalue weighted by molar-refractivity contribution is -0.144. The van der Waals surface area contributed by atoms with E-state index in [0.29, 0.717) is 25.9 Å². The number of carbonyl (C=O) groups is 1. The van der Waals surface area contributed by atoms with Crippen LogP contribution in [-0.4, -0.2) is 57.3 Å². The maximum absolute atomic E-state index is 12.0. The van der Waals surface area contributed by atoms with Crippen LogP contribution in [-0.2, 0) is 4.79 Å². The van der Waals surface area contributed by atoms with Crippen LogP contribution in [0.25, 0.3) is 0 Å². The monoisotopic (exact) mass is 382 g/mol. The summed E-state index contributed by atoms with van der Waals surface area (Å²) >= 11 is 0. The molecule has 0 aliphatic carbocycles. The second-order valence-corrected chi connectivity index (χ2v) is 9.28. The number of carboxylic acid groups (broad SMARTS) is 1. The molecule has 0 saturated carbocycles. The van der Waals surface area contributed by atoms with Crippen LogP contribution in [0, 0.1) is 11.3 Å². The zero-order chi connectivity index (χ0) is 21.0. The van der Waals surface area contributed by atoms with Crippen molar-refractivity contribution in [3.8, 4) is 0 Å². The van der Waals surface area contributed by atoms with Crippen LogP contribution in [0.4, 0.5) is 0 Å². The van der Waals surface area contributed by atoms with Crippen molar-refractivity contribution in [2.24, 2.45) is 17.1 Å². The van der Waals surface area contributed by atoms with Crippen molar-refractivity contribution in [2.75, 3.05) is 13.1 Å². The number of hydrogen-bond donors (Lipinski definition) is 4. The van der Waals surface area contributed by atoms with E-state index in [1.54, 1.807) is 0 Å². The highest BCUT2D eigenvalue weighted by Crippen LogP contribution is 2.46. The largest absolute Gasteiger partial charge is 0.480 e. The molecule has 1 unspecified atom stereocenters. The van der Waals surface area contributed by atoms with Gasteiger partial charge in [-0.25, -0.2) is 0 Å². The van der Waals surface area contributed by atoms with Crippen LogP contribution in [0.5, 0.6) is 0 Å². The van der Waals surface area contributed by atoms with Crippen LogP contribution in [0.3, 0.4) is 0 Å². The zero-order valence-corrected chi connectivity index (χ0v) is 18.0. The normalized spacial score (nSPS) is 25.9. The molecule has 0 radical (unpaired) electrons. The van der Waals surface area contributed by atoms with Gasteiger partial charge in [0.25, 0.3) is 0 Å². The van der Waals surface area contributed by atoms with Crippen LogP contribution in [0.15, 0.2) is 11.6 Å². The lowest BCUT2D eigenvalue weighted by Crippen LogP contribution is -2.58. The Hall–Kier alpha value is -0.885. The van der Waals surface area contributed by atoms with Gasteiger partial charge in [0.1, 0.15) is 5.54 Å². The SMILES string of the molecule is CCCC(C)(C=C(C)C)C(C)(C)N1C[C@H](CCCB(O)O)[C@](N)(C(=O)O)C1. The van der Waals surface area contributed by atoms with E-state index in [1.807, 2.05) is 0 Å². The molecule has 1 fully saturated rings. The number of carboxylic acids is 1. The third-order valence-electron chi connectivity index (χ3n) is 6.60. The Morgan fingerprint density at radius 3 is 2.37 bits per heavy atom. The van der Waals surface area contributed by atoms with Crippen molar-refractivity contribution in [3.05, 3.63) is 11.6 Å². The van der Waals surface area contributed by atoms with E-state index in [4.69, 9.17) is 15.8 Å². The number of aliphatic carboxylic acids is 1. The first-order chi connectivity index (χ1) is 12.3. The summed E-state index contributed by atoms with van der Waals surface area (Å²) in [6.07, 6.45) is 5.71. The van der Waals surface area contributed by atoms with Gasteiger partial charge in [-0.05, 0) is 46.9 Å². The van der Waals surface area contributed by atoms with Gasteiger partial charge in [-0.15, -0.1) is 0 Å². The molecular weight excluding hydrogens is 343 g/mol. The average molecular weight is 382 g/mol. The van der Waals surface area contributed by atoms with Crippen LogP contribution >= 0.6 is 0 Å². The fourth-order valence-corrected chi connectivity index (χ4v) is 4.57. The summed E-state index contributed by atoms with van der Waals surface area (Å²) in [7, 11) is -1.36. The Labute approximate surface area is 165 Å². The summed E-state index contributed by atoms with van der Waals surface area (Å²) in [6, 6.07) is 0. The molecule has 1 aliphatic rings. The first-order valence-corrected chi connectivity index (χ1v) is 10.1. The summed E-state index contributed by atoms with van der Waals surface area (Å²) in [5.74, 6) is -1.19. The molecular formula is C20H39BN2O4. The fourth-order valence-electron chi connectivity index (χ4n) is 4.57. The number of nitrogens with zero attached hydrogens (tertiary/aromatic N) is 1. The second-order valence-electron chi connectivity index (χ2n) is 9.28. The minimum Gasteiger partial charge on any atom is -0.480 e. The Morgan fingerprint density at radius 1 is 1.33 bits per heavy atom. The van der Waals surface area contributed by atoms with Gasteiger partial charge in [-0.1, -0.05) is 38.3 Å². The fraction of sp³-hybridized carbons (Fsp3) is 0.850. The highest BCUT2D eigenvalue weighted by Gasteiger charge is 2.55. The van der Waals surface area contributed by atoms with Crippen molar-refractivity contribution >= 4 is 13.1 Å². The van der Waals surface area contributed by atoms with Gasteiger partial charge < -0.3 is 20.9 Å². The number of hydrogen-bond acceptors (Lipinski definition) is 5. The standard InChI is InChI=1S/C20H39BN2O4/c1-7-10-19(6,12-15(2)3)18(4,5)23-13-16(9-8-11-21(26)27)20(22,14-23)17(24)25/h12,16,26-27H,7-11,13-14,22H2,1-6H3,(H,24,25)/t16-,19?,20-/m0/s1. The Morgan fingerprint density at radius 2 is 1.93 bits per heavy atom. The molecule has 5 N–H and O–H groups in total. The summed E-state index contributed by atoms with van der Waals surface area (Å²) in [5.41, 5.74) is 5.97. The molecule has 156 valence electrons. The molecule has 6 nitrogen and oxygen atoms in total. The molecule has 27 heavy (non-hydrogen) atoms. The molecule has 1 saturated heterocycles. The number of rotatable bonds is 10. The molecule has 1 rings (SSSR count). The van der Waals surface area contributed by atoms with E-state index >= 15 is 0 Å². The average Bonchev–Trinajstić information content (AvgIpc) is 2.85. The van der Waals surface area contributed by atoms with E-state index < -0.39 is 18.6 Å². The molecule has 0 spiro atoms. The topological polar surface area (TPSA) is 107 Å². The molecule has 0 bridgehead atoms. The van der Waals surface area contributed by atoms with Gasteiger partial charge in [0.15, 0.2) is 0 Å². The Kier molecular flexibility index (Phi) is 8.12. The first kappa shape index (κ1) is 24.2. The molecule has 1 aliphatic heterocycles.